The zero-order valence-corrected chi connectivity index (χ0v) is 13.1. The number of benzene rings is 2. The van der Waals surface area contributed by atoms with Gasteiger partial charge in [-0.1, -0.05) is 41.9 Å². The van der Waals surface area contributed by atoms with Gasteiger partial charge in [0.15, 0.2) is 0 Å². The summed E-state index contributed by atoms with van der Waals surface area (Å²) in [4.78, 5) is 0. The first-order chi connectivity index (χ1) is 10.1. The normalized spacial score (nSPS) is 12.1. The van der Waals surface area contributed by atoms with Crippen LogP contribution < -0.4 is 10.5 Å². The first-order valence-corrected chi connectivity index (χ1v) is 7.73. The van der Waals surface area contributed by atoms with E-state index in [1.165, 1.54) is 5.56 Å². The molecule has 2 aromatic carbocycles. The van der Waals surface area contributed by atoms with Gasteiger partial charge in [0.1, 0.15) is 5.75 Å². The van der Waals surface area contributed by atoms with E-state index < -0.39 is 0 Å². The van der Waals surface area contributed by atoms with E-state index in [4.69, 9.17) is 22.1 Å². The fourth-order valence-corrected chi connectivity index (χ4v) is 2.49. The Bertz CT molecular complexity index is 554. The van der Waals surface area contributed by atoms with Gasteiger partial charge in [-0.3, -0.25) is 0 Å². The van der Waals surface area contributed by atoms with Crippen LogP contribution in [-0.4, -0.2) is 12.6 Å². The van der Waals surface area contributed by atoms with Gasteiger partial charge in [0.05, 0.1) is 6.61 Å². The van der Waals surface area contributed by atoms with Crippen LogP contribution in [0.2, 0.25) is 5.02 Å². The molecule has 0 spiro atoms. The lowest BCUT2D eigenvalue weighted by Crippen LogP contribution is -2.18. The number of ether oxygens (including phenoxy) is 1. The molecule has 2 rings (SSSR count). The fourth-order valence-electron chi connectivity index (χ4n) is 2.30. The van der Waals surface area contributed by atoms with Crippen molar-refractivity contribution in [1.29, 1.82) is 0 Å². The van der Waals surface area contributed by atoms with Crippen molar-refractivity contribution in [2.45, 2.75) is 32.2 Å². The van der Waals surface area contributed by atoms with Crippen LogP contribution in [0.5, 0.6) is 5.75 Å². The molecule has 0 aliphatic rings. The largest absolute Gasteiger partial charge is 0.493 e. The Morgan fingerprint density at radius 1 is 1.14 bits per heavy atom. The maximum absolute atomic E-state index is 6.05. The van der Waals surface area contributed by atoms with Crippen LogP contribution in [0.3, 0.4) is 0 Å². The summed E-state index contributed by atoms with van der Waals surface area (Å²) in [5.74, 6) is 0.893. The standard InChI is InChI=1S/C18H22ClNO/c1-14(20)12-16-13-17(19)9-10-18(16)21-11-5-8-15-6-3-2-4-7-15/h2-4,6-7,9-10,13-14H,5,8,11-12,20H2,1H3. The summed E-state index contributed by atoms with van der Waals surface area (Å²) < 4.78 is 5.90. The van der Waals surface area contributed by atoms with Gasteiger partial charge in [0, 0.05) is 11.1 Å². The summed E-state index contributed by atoms with van der Waals surface area (Å²) in [6.45, 7) is 2.68. The van der Waals surface area contributed by atoms with Crippen LogP contribution >= 0.6 is 11.6 Å². The van der Waals surface area contributed by atoms with Crippen LogP contribution in [0.4, 0.5) is 0 Å². The van der Waals surface area contributed by atoms with Gasteiger partial charge >= 0.3 is 0 Å². The Morgan fingerprint density at radius 2 is 1.90 bits per heavy atom. The van der Waals surface area contributed by atoms with Crippen molar-refractivity contribution in [1.82, 2.24) is 0 Å². The molecule has 0 aliphatic heterocycles. The van der Waals surface area contributed by atoms with E-state index in [9.17, 15) is 0 Å². The lowest BCUT2D eigenvalue weighted by molar-refractivity contribution is 0.307. The minimum Gasteiger partial charge on any atom is -0.493 e. The van der Waals surface area contributed by atoms with E-state index >= 15 is 0 Å². The van der Waals surface area contributed by atoms with Crippen molar-refractivity contribution < 1.29 is 4.74 Å². The molecule has 0 saturated carbocycles. The molecule has 2 nitrogen and oxygen atoms in total. The quantitative estimate of drug-likeness (QED) is 0.776. The molecule has 2 N–H and O–H groups in total. The number of hydrogen-bond acceptors (Lipinski definition) is 2. The molecule has 0 radical (unpaired) electrons. The van der Waals surface area contributed by atoms with Gasteiger partial charge in [-0.05, 0) is 55.5 Å². The summed E-state index contributed by atoms with van der Waals surface area (Å²) in [7, 11) is 0. The molecule has 0 aliphatic carbocycles. The molecule has 0 saturated heterocycles. The maximum Gasteiger partial charge on any atom is 0.122 e. The third-order valence-electron chi connectivity index (χ3n) is 3.27. The molecule has 21 heavy (non-hydrogen) atoms. The molecule has 1 atom stereocenters. The van der Waals surface area contributed by atoms with Crippen LogP contribution in [0.1, 0.15) is 24.5 Å². The van der Waals surface area contributed by atoms with E-state index in [1.54, 1.807) is 0 Å². The second-order valence-electron chi connectivity index (χ2n) is 5.37. The molecule has 112 valence electrons. The summed E-state index contributed by atoms with van der Waals surface area (Å²) in [5, 5.41) is 0.724. The first kappa shape index (κ1) is 15.9. The second-order valence-corrected chi connectivity index (χ2v) is 5.81. The zero-order chi connectivity index (χ0) is 15.1. The topological polar surface area (TPSA) is 35.2 Å². The Labute approximate surface area is 131 Å². The third kappa shape index (κ3) is 5.41. The Hall–Kier alpha value is -1.51. The highest BCUT2D eigenvalue weighted by Crippen LogP contribution is 2.24. The minimum absolute atomic E-state index is 0.0927. The fraction of sp³-hybridized carbons (Fsp3) is 0.333. The van der Waals surface area contributed by atoms with Gasteiger partial charge < -0.3 is 10.5 Å². The number of rotatable bonds is 7. The second kappa shape index (κ2) is 8.06. The third-order valence-corrected chi connectivity index (χ3v) is 3.51. The average Bonchev–Trinajstić information content (AvgIpc) is 2.46. The highest BCUT2D eigenvalue weighted by Gasteiger charge is 2.07. The van der Waals surface area contributed by atoms with E-state index in [0.717, 1.165) is 35.6 Å². The zero-order valence-electron chi connectivity index (χ0n) is 12.4. The van der Waals surface area contributed by atoms with Crippen LogP contribution in [0.25, 0.3) is 0 Å². The average molecular weight is 304 g/mol. The Balaban J connectivity index is 1.87. The molecule has 0 aromatic heterocycles. The summed E-state index contributed by atoms with van der Waals surface area (Å²) in [6, 6.07) is 16.3. The van der Waals surface area contributed by atoms with Crippen molar-refractivity contribution in [3.05, 3.63) is 64.7 Å². The molecule has 2 aromatic rings. The maximum atomic E-state index is 6.05. The van der Waals surface area contributed by atoms with Gasteiger partial charge in [-0.2, -0.15) is 0 Å². The van der Waals surface area contributed by atoms with E-state index in [2.05, 4.69) is 24.3 Å². The molecule has 0 fully saturated rings. The van der Waals surface area contributed by atoms with Crippen molar-refractivity contribution in [3.8, 4) is 5.75 Å². The van der Waals surface area contributed by atoms with Gasteiger partial charge in [0.25, 0.3) is 0 Å². The summed E-state index contributed by atoms with van der Waals surface area (Å²) in [5.41, 5.74) is 8.30. The van der Waals surface area contributed by atoms with Gasteiger partial charge in [0.2, 0.25) is 0 Å². The number of nitrogens with two attached hydrogens (primary N) is 1. The number of hydrogen-bond donors (Lipinski definition) is 1. The van der Waals surface area contributed by atoms with Crippen LogP contribution in [0, 0.1) is 0 Å². The molecule has 3 heteroatoms. The smallest absolute Gasteiger partial charge is 0.122 e. The predicted octanol–water partition coefficient (Wildman–Crippen LogP) is 4.24. The van der Waals surface area contributed by atoms with Gasteiger partial charge in [-0.15, -0.1) is 0 Å². The number of aryl methyl sites for hydroxylation is 1. The molecular weight excluding hydrogens is 282 g/mol. The first-order valence-electron chi connectivity index (χ1n) is 7.36. The van der Waals surface area contributed by atoms with Crippen LogP contribution in [-0.2, 0) is 12.8 Å². The van der Waals surface area contributed by atoms with Crippen molar-refractivity contribution in [2.24, 2.45) is 5.73 Å². The summed E-state index contributed by atoms with van der Waals surface area (Å²) >= 11 is 6.05. The number of halogens is 1. The van der Waals surface area contributed by atoms with Crippen molar-refractivity contribution in [2.75, 3.05) is 6.61 Å². The lowest BCUT2D eigenvalue weighted by Gasteiger charge is -2.13. The Kier molecular flexibility index (Phi) is 6.09. The van der Waals surface area contributed by atoms with E-state index in [-0.39, 0.29) is 6.04 Å². The summed E-state index contributed by atoms with van der Waals surface area (Å²) in [6.07, 6.45) is 2.79. The lowest BCUT2D eigenvalue weighted by atomic mass is 10.1. The molecule has 0 heterocycles. The predicted molar refractivity (Wildman–Crippen MR) is 89.1 cm³/mol. The molecule has 0 bridgehead atoms. The monoisotopic (exact) mass is 303 g/mol. The molecular formula is C18H22ClNO. The highest BCUT2D eigenvalue weighted by molar-refractivity contribution is 6.30. The highest BCUT2D eigenvalue weighted by atomic mass is 35.5. The van der Waals surface area contributed by atoms with Crippen molar-refractivity contribution >= 4 is 11.6 Å². The molecule has 0 amide bonds. The van der Waals surface area contributed by atoms with Crippen LogP contribution in [0.15, 0.2) is 48.5 Å². The minimum atomic E-state index is 0.0927. The SMILES string of the molecule is CC(N)Cc1cc(Cl)ccc1OCCCc1ccccc1. The molecule has 1 unspecified atom stereocenters. The van der Waals surface area contributed by atoms with E-state index in [1.807, 2.05) is 31.2 Å². The van der Waals surface area contributed by atoms with Crippen molar-refractivity contribution in [3.63, 3.8) is 0 Å². The van der Waals surface area contributed by atoms with Gasteiger partial charge in [-0.25, -0.2) is 0 Å². The Morgan fingerprint density at radius 3 is 2.62 bits per heavy atom. The van der Waals surface area contributed by atoms with E-state index in [0.29, 0.717) is 6.61 Å².